The minimum absolute atomic E-state index is 0.565. The van der Waals surface area contributed by atoms with Gasteiger partial charge in [-0.25, -0.2) is 5.43 Å². The summed E-state index contributed by atoms with van der Waals surface area (Å²) in [5, 5.41) is 6.48. The molecule has 0 saturated carbocycles. The summed E-state index contributed by atoms with van der Waals surface area (Å²) in [5.41, 5.74) is 6.56. The van der Waals surface area contributed by atoms with E-state index in [1.165, 1.54) is 0 Å². The number of carbonyl (C=O) groups excluding carboxylic acids is 2. The van der Waals surface area contributed by atoms with Crippen molar-refractivity contribution in [2.45, 2.75) is 20.8 Å². The molecule has 0 unspecified atom stereocenters. The highest BCUT2D eigenvalue weighted by molar-refractivity contribution is 6.39. The molecule has 0 atom stereocenters. The van der Waals surface area contributed by atoms with Crippen LogP contribution in [0, 0.1) is 13.8 Å². The highest BCUT2D eigenvalue weighted by atomic mass is 16.2. The van der Waals surface area contributed by atoms with Crippen LogP contribution in [0.2, 0.25) is 0 Å². The van der Waals surface area contributed by atoms with Gasteiger partial charge in [-0.2, -0.15) is 5.10 Å². The van der Waals surface area contributed by atoms with Gasteiger partial charge in [0.05, 0.1) is 5.71 Å². The molecule has 23 heavy (non-hydrogen) atoms. The number of rotatable bonds is 3. The van der Waals surface area contributed by atoms with Crippen LogP contribution in [-0.4, -0.2) is 17.5 Å². The summed E-state index contributed by atoms with van der Waals surface area (Å²) < 4.78 is 0. The molecule has 0 aromatic heterocycles. The molecule has 0 heterocycles. The summed E-state index contributed by atoms with van der Waals surface area (Å²) in [6.07, 6.45) is 0. The molecule has 118 valence electrons. The van der Waals surface area contributed by atoms with Crippen molar-refractivity contribution in [1.82, 2.24) is 5.43 Å². The van der Waals surface area contributed by atoms with Gasteiger partial charge in [0, 0.05) is 5.69 Å². The number of hydrazone groups is 1. The lowest BCUT2D eigenvalue weighted by Crippen LogP contribution is -2.32. The minimum Gasteiger partial charge on any atom is -0.318 e. The fraction of sp³-hybridized carbons (Fsp3) is 0.167. The van der Waals surface area contributed by atoms with Gasteiger partial charge in [0.25, 0.3) is 0 Å². The molecule has 5 nitrogen and oxygen atoms in total. The number of nitrogens with one attached hydrogen (secondary N) is 2. The molecule has 0 aliphatic rings. The monoisotopic (exact) mass is 309 g/mol. The first-order chi connectivity index (χ1) is 11.0. The summed E-state index contributed by atoms with van der Waals surface area (Å²) in [7, 11) is 0. The number of anilines is 1. The summed E-state index contributed by atoms with van der Waals surface area (Å²) in [5.74, 6) is -1.56. The van der Waals surface area contributed by atoms with Crippen LogP contribution >= 0.6 is 0 Å². The van der Waals surface area contributed by atoms with Gasteiger partial charge < -0.3 is 5.32 Å². The molecular formula is C18H19N3O2. The fourth-order valence-corrected chi connectivity index (χ4v) is 1.87. The summed E-state index contributed by atoms with van der Waals surface area (Å²) >= 11 is 0. The number of hydrogen-bond donors (Lipinski definition) is 2. The number of carbonyl (C=O) groups is 2. The SMILES string of the molecule is C/C(=N\NC(=O)C(=O)Nc1ccc(C)cc1)c1ccc(C)cc1. The highest BCUT2D eigenvalue weighted by Crippen LogP contribution is 2.08. The van der Waals surface area contributed by atoms with Gasteiger partial charge in [-0.1, -0.05) is 47.5 Å². The Bertz CT molecular complexity index is 732. The van der Waals surface area contributed by atoms with Gasteiger partial charge in [-0.15, -0.1) is 0 Å². The van der Waals surface area contributed by atoms with Gasteiger partial charge in [0.15, 0.2) is 0 Å². The Kier molecular flexibility index (Phi) is 5.25. The number of nitrogens with zero attached hydrogens (tertiary/aromatic N) is 1. The standard InChI is InChI=1S/C18H19N3O2/c1-12-4-8-15(9-5-12)14(3)20-21-18(23)17(22)19-16-10-6-13(2)7-11-16/h4-11H,1-3H3,(H,19,22)(H,21,23)/b20-14+. The van der Waals surface area contributed by atoms with Crippen LogP contribution in [0.4, 0.5) is 5.69 Å². The Morgan fingerprint density at radius 3 is 1.91 bits per heavy atom. The summed E-state index contributed by atoms with van der Waals surface area (Å²) in [4.78, 5) is 23.6. The second kappa shape index (κ2) is 7.35. The van der Waals surface area contributed by atoms with Gasteiger partial charge >= 0.3 is 11.8 Å². The summed E-state index contributed by atoms with van der Waals surface area (Å²) in [6, 6.07) is 14.9. The van der Waals surface area contributed by atoms with E-state index in [0.29, 0.717) is 11.4 Å². The van der Waals surface area contributed by atoms with E-state index in [-0.39, 0.29) is 0 Å². The smallest absolute Gasteiger partial charge is 0.318 e. The van der Waals surface area contributed by atoms with E-state index in [4.69, 9.17) is 0 Å². The number of benzene rings is 2. The quantitative estimate of drug-likeness (QED) is 0.520. The number of amides is 2. The zero-order valence-corrected chi connectivity index (χ0v) is 13.4. The highest BCUT2D eigenvalue weighted by Gasteiger charge is 2.13. The third-order valence-corrected chi connectivity index (χ3v) is 3.31. The second-order valence-corrected chi connectivity index (χ2v) is 5.32. The van der Waals surface area contributed by atoms with E-state index in [0.717, 1.165) is 16.7 Å². The molecule has 0 spiro atoms. The van der Waals surface area contributed by atoms with Gasteiger partial charge in [0.2, 0.25) is 0 Å². The number of hydrogen-bond acceptors (Lipinski definition) is 3. The lowest BCUT2D eigenvalue weighted by molar-refractivity contribution is -0.136. The maximum Gasteiger partial charge on any atom is 0.329 e. The molecule has 2 aromatic rings. The molecular weight excluding hydrogens is 290 g/mol. The van der Waals surface area contributed by atoms with Crippen LogP contribution in [0.15, 0.2) is 53.6 Å². The zero-order chi connectivity index (χ0) is 16.8. The molecule has 5 heteroatoms. The maximum absolute atomic E-state index is 11.8. The van der Waals surface area contributed by atoms with Crippen molar-refractivity contribution in [3.63, 3.8) is 0 Å². The Balaban J connectivity index is 1.95. The topological polar surface area (TPSA) is 70.6 Å². The van der Waals surface area contributed by atoms with Crippen LogP contribution in [-0.2, 0) is 9.59 Å². The van der Waals surface area contributed by atoms with Gasteiger partial charge in [0.1, 0.15) is 0 Å². The molecule has 0 radical (unpaired) electrons. The van der Waals surface area contributed by atoms with E-state index in [1.54, 1.807) is 19.1 Å². The zero-order valence-electron chi connectivity index (χ0n) is 13.4. The fourth-order valence-electron chi connectivity index (χ4n) is 1.87. The molecule has 2 amide bonds. The maximum atomic E-state index is 11.8. The molecule has 0 bridgehead atoms. The average molecular weight is 309 g/mol. The molecule has 2 aromatic carbocycles. The van der Waals surface area contributed by atoms with E-state index in [2.05, 4.69) is 15.8 Å². The Labute approximate surface area is 135 Å². The number of aryl methyl sites for hydroxylation is 2. The van der Waals surface area contributed by atoms with Crippen molar-refractivity contribution >= 4 is 23.2 Å². The van der Waals surface area contributed by atoms with Crippen molar-refractivity contribution in [1.29, 1.82) is 0 Å². The van der Waals surface area contributed by atoms with Crippen molar-refractivity contribution in [3.8, 4) is 0 Å². The molecule has 0 fully saturated rings. The van der Waals surface area contributed by atoms with Crippen LogP contribution in [0.3, 0.4) is 0 Å². The Morgan fingerprint density at radius 2 is 1.35 bits per heavy atom. The molecule has 2 rings (SSSR count). The molecule has 2 N–H and O–H groups in total. The first-order valence-corrected chi connectivity index (χ1v) is 7.25. The van der Waals surface area contributed by atoms with Crippen LogP contribution in [0.5, 0.6) is 0 Å². The third-order valence-electron chi connectivity index (χ3n) is 3.31. The lowest BCUT2D eigenvalue weighted by atomic mass is 10.1. The minimum atomic E-state index is -0.808. The Hall–Kier alpha value is -2.95. The first-order valence-electron chi connectivity index (χ1n) is 7.25. The van der Waals surface area contributed by atoms with E-state index in [1.807, 2.05) is 50.2 Å². The van der Waals surface area contributed by atoms with Gasteiger partial charge in [-0.3, -0.25) is 9.59 Å². The first kappa shape index (κ1) is 16.4. The van der Waals surface area contributed by atoms with Crippen molar-refractivity contribution in [2.24, 2.45) is 5.10 Å². The van der Waals surface area contributed by atoms with E-state index < -0.39 is 11.8 Å². The average Bonchev–Trinajstić information content (AvgIpc) is 2.55. The predicted octanol–water partition coefficient (Wildman–Crippen LogP) is 2.78. The second-order valence-electron chi connectivity index (χ2n) is 5.32. The van der Waals surface area contributed by atoms with Crippen molar-refractivity contribution < 1.29 is 9.59 Å². The van der Waals surface area contributed by atoms with Gasteiger partial charge in [-0.05, 0) is 38.5 Å². The van der Waals surface area contributed by atoms with E-state index in [9.17, 15) is 9.59 Å². The van der Waals surface area contributed by atoms with Crippen LogP contribution in [0.1, 0.15) is 23.6 Å². The van der Waals surface area contributed by atoms with Crippen molar-refractivity contribution in [3.05, 3.63) is 65.2 Å². The largest absolute Gasteiger partial charge is 0.329 e. The van der Waals surface area contributed by atoms with Crippen LogP contribution < -0.4 is 10.7 Å². The van der Waals surface area contributed by atoms with Crippen LogP contribution in [0.25, 0.3) is 0 Å². The predicted molar refractivity (Wildman–Crippen MR) is 91.3 cm³/mol. The molecule has 0 aliphatic heterocycles. The molecule has 0 aliphatic carbocycles. The molecule has 0 saturated heterocycles. The van der Waals surface area contributed by atoms with Crippen molar-refractivity contribution in [2.75, 3.05) is 5.32 Å². The normalized spacial score (nSPS) is 11.0. The third kappa shape index (κ3) is 4.78. The van der Waals surface area contributed by atoms with E-state index >= 15 is 0 Å². The Morgan fingerprint density at radius 1 is 0.826 bits per heavy atom. The summed E-state index contributed by atoms with van der Waals surface area (Å²) in [6.45, 7) is 5.71. The lowest BCUT2D eigenvalue weighted by Gasteiger charge is -2.05.